The zero-order valence-corrected chi connectivity index (χ0v) is 9.09. The van der Waals surface area contributed by atoms with E-state index in [9.17, 15) is 15.3 Å². The van der Waals surface area contributed by atoms with Gasteiger partial charge in [-0.1, -0.05) is 0 Å². The van der Waals surface area contributed by atoms with Gasteiger partial charge in [0.25, 0.3) is 0 Å². The molecule has 0 bridgehead atoms. The first-order valence-electron chi connectivity index (χ1n) is 5.22. The van der Waals surface area contributed by atoms with E-state index in [4.69, 9.17) is 24.8 Å². The van der Waals surface area contributed by atoms with Crippen molar-refractivity contribution in [2.24, 2.45) is 0 Å². The van der Waals surface area contributed by atoms with Gasteiger partial charge in [-0.3, -0.25) is 0 Å². The van der Waals surface area contributed by atoms with Gasteiger partial charge in [0.1, 0.15) is 30.5 Å². The predicted octanol–water partition coefficient (Wildman–Crippen LogP) is -3.84. The molecule has 1 fully saturated rings. The van der Waals surface area contributed by atoms with Crippen molar-refractivity contribution in [2.75, 3.05) is 19.8 Å². The number of aliphatic hydroxyl groups excluding tert-OH is 6. The van der Waals surface area contributed by atoms with Gasteiger partial charge in [-0.2, -0.15) is 0 Å². The molecule has 17 heavy (non-hydrogen) atoms. The number of rotatable bonds is 5. The smallest absolute Gasteiger partial charge is 0.186 e. The molecular formula is C9H18O8. The van der Waals surface area contributed by atoms with Gasteiger partial charge in [0.2, 0.25) is 0 Å². The minimum Gasteiger partial charge on any atom is -0.394 e. The lowest BCUT2D eigenvalue weighted by atomic mass is 9.99. The zero-order valence-electron chi connectivity index (χ0n) is 9.09. The lowest BCUT2D eigenvalue weighted by molar-refractivity contribution is -0.304. The first kappa shape index (κ1) is 14.7. The minimum atomic E-state index is -1.52. The second-order valence-corrected chi connectivity index (χ2v) is 3.87. The zero-order chi connectivity index (χ0) is 13.0. The number of hydrogen-bond donors (Lipinski definition) is 6. The van der Waals surface area contributed by atoms with Gasteiger partial charge in [0.15, 0.2) is 6.29 Å². The Morgan fingerprint density at radius 2 is 1.71 bits per heavy atom. The van der Waals surface area contributed by atoms with Gasteiger partial charge in [0.05, 0.1) is 19.8 Å². The molecular weight excluding hydrogens is 236 g/mol. The van der Waals surface area contributed by atoms with Crippen molar-refractivity contribution in [2.45, 2.75) is 36.8 Å². The molecule has 1 aliphatic heterocycles. The summed E-state index contributed by atoms with van der Waals surface area (Å²) in [6.07, 6.45) is -7.94. The Morgan fingerprint density at radius 1 is 1.06 bits per heavy atom. The first-order valence-corrected chi connectivity index (χ1v) is 5.22. The molecule has 8 nitrogen and oxygen atoms in total. The summed E-state index contributed by atoms with van der Waals surface area (Å²) >= 11 is 0. The maximum atomic E-state index is 9.52. The van der Waals surface area contributed by atoms with Crippen LogP contribution in [0.15, 0.2) is 0 Å². The molecule has 6 atom stereocenters. The monoisotopic (exact) mass is 254 g/mol. The van der Waals surface area contributed by atoms with Crippen LogP contribution in [0.4, 0.5) is 0 Å². The number of hydrogen-bond acceptors (Lipinski definition) is 8. The Labute approximate surface area is 97.6 Å². The highest BCUT2D eigenvalue weighted by Crippen LogP contribution is 2.21. The molecule has 8 heteroatoms. The molecule has 0 aliphatic carbocycles. The normalized spacial score (nSPS) is 40.2. The van der Waals surface area contributed by atoms with E-state index in [2.05, 4.69) is 0 Å². The van der Waals surface area contributed by atoms with Gasteiger partial charge in [-0.25, -0.2) is 0 Å². The van der Waals surface area contributed by atoms with E-state index in [1.54, 1.807) is 0 Å². The highest BCUT2D eigenvalue weighted by Gasteiger charge is 2.44. The van der Waals surface area contributed by atoms with Crippen molar-refractivity contribution in [3.63, 3.8) is 0 Å². The second-order valence-electron chi connectivity index (χ2n) is 3.87. The van der Waals surface area contributed by atoms with Crippen LogP contribution in [-0.2, 0) is 9.47 Å². The third-order valence-corrected chi connectivity index (χ3v) is 2.51. The summed E-state index contributed by atoms with van der Waals surface area (Å²) in [5.41, 5.74) is 0. The van der Waals surface area contributed by atoms with Crippen molar-refractivity contribution in [3.05, 3.63) is 0 Å². The maximum Gasteiger partial charge on any atom is 0.186 e. The topological polar surface area (TPSA) is 140 Å². The molecule has 0 saturated carbocycles. The first-order chi connectivity index (χ1) is 8.01. The Balaban J connectivity index is 2.53. The summed E-state index contributed by atoms with van der Waals surface area (Å²) in [4.78, 5) is 0. The van der Waals surface area contributed by atoms with E-state index >= 15 is 0 Å². The van der Waals surface area contributed by atoms with Crippen LogP contribution in [0.5, 0.6) is 0 Å². The van der Waals surface area contributed by atoms with E-state index in [0.29, 0.717) is 0 Å². The highest BCUT2D eigenvalue weighted by atomic mass is 16.7. The van der Waals surface area contributed by atoms with E-state index in [1.165, 1.54) is 0 Å². The molecule has 0 aromatic carbocycles. The molecule has 0 aromatic rings. The average molecular weight is 254 g/mol. The molecule has 1 heterocycles. The van der Waals surface area contributed by atoms with Crippen LogP contribution in [0.3, 0.4) is 0 Å². The molecule has 1 aliphatic rings. The fraction of sp³-hybridized carbons (Fsp3) is 1.00. The summed E-state index contributed by atoms with van der Waals surface area (Å²) in [7, 11) is 0. The summed E-state index contributed by atoms with van der Waals surface area (Å²) < 4.78 is 9.93. The Morgan fingerprint density at radius 3 is 2.24 bits per heavy atom. The molecule has 1 rings (SSSR count). The van der Waals surface area contributed by atoms with Crippen LogP contribution in [0.25, 0.3) is 0 Å². The molecule has 1 unspecified atom stereocenters. The summed E-state index contributed by atoms with van der Waals surface area (Å²) in [5, 5.41) is 54.9. The molecule has 6 N–H and O–H groups in total. The van der Waals surface area contributed by atoms with E-state index < -0.39 is 50.0 Å². The van der Waals surface area contributed by atoms with Crippen molar-refractivity contribution in [1.29, 1.82) is 0 Å². The van der Waals surface area contributed by atoms with E-state index in [1.807, 2.05) is 0 Å². The fourth-order valence-corrected chi connectivity index (χ4v) is 1.46. The number of ether oxygens (including phenoxy) is 2. The summed E-state index contributed by atoms with van der Waals surface area (Å²) in [5.74, 6) is 0. The van der Waals surface area contributed by atoms with E-state index in [-0.39, 0.29) is 6.61 Å². The highest BCUT2D eigenvalue weighted by molar-refractivity contribution is 4.88. The fourth-order valence-electron chi connectivity index (χ4n) is 1.46. The van der Waals surface area contributed by atoms with Crippen LogP contribution in [0, 0.1) is 0 Å². The van der Waals surface area contributed by atoms with Gasteiger partial charge >= 0.3 is 0 Å². The molecule has 0 radical (unpaired) electrons. The molecule has 102 valence electrons. The van der Waals surface area contributed by atoms with Crippen molar-refractivity contribution in [3.8, 4) is 0 Å². The molecule has 1 saturated heterocycles. The number of aliphatic hydroxyl groups is 6. The lowest BCUT2D eigenvalue weighted by Crippen LogP contribution is -2.59. The third kappa shape index (κ3) is 3.57. The van der Waals surface area contributed by atoms with Gasteiger partial charge in [0, 0.05) is 0 Å². The van der Waals surface area contributed by atoms with Crippen LogP contribution < -0.4 is 0 Å². The van der Waals surface area contributed by atoms with Crippen LogP contribution in [0.1, 0.15) is 0 Å². The quantitative estimate of drug-likeness (QED) is 0.293. The molecule has 0 amide bonds. The average Bonchev–Trinajstić information content (AvgIpc) is 2.34. The van der Waals surface area contributed by atoms with Crippen LogP contribution >= 0.6 is 0 Å². The Hall–Kier alpha value is -0.320. The SMILES string of the molecule is OCC(O)CO[C@H]1O[C@H](CO)[C@H](O)[C@H](O)[C@H]1O. The Kier molecular flexibility index (Phi) is 5.70. The standard InChI is InChI=1S/C9H18O8/c10-1-4(12)3-16-9-8(15)7(14)6(13)5(2-11)17-9/h4-15H,1-3H2/t4?,5-,6+,7+,8-,9+/m1/s1. The largest absolute Gasteiger partial charge is 0.394 e. The Bertz CT molecular complexity index is 223. The van der Waals surface area contributed by atoms with Crippen LogP contribution in [-0.4, -0.2) is 87.3 Å². The maximum absolute atomic E-state index is 9.52. The summed E-state index contributed by atoms with van der Waals surface area (Å²) in [6.45, 7) is -1.37. The van der Waals surface area contributed by atoms with Gasteiger partial charge in [-0.05, 0) is 0 Å². The van der Waals surface area contributed by atoms with Crippen LogP contribution in [0.2, 0.25) is 0 Å². The lowest BCUT2D eigenvalue weighted by Gasteiger charge is -2.39. The third-order valence-electron chi connectivity index (χ3n) is 2.51. The second kappa shape index (κ2) is 6.57. The minimum absolute atomic E-state index is 0.306. The summed E-state index contributed by atoms with van der Waals surface area (Å²) in [6, 6.07) is 0. The molecule has 0 spiro atoms. The van der Waals surface area contributed by atoms with Crippen molar-refractivity contribution < 1.29 is 40.1 Å². The predicted molar refractivity (Wildman–Crippen MR) is 52.8 cm³/mol. The van der Waals surface area contributed by atoms with Gasteiger partial charge < -0.3 is 40.1 Å². The molecule has 0 aromatic heterocycles. The van der Waals surface area contributed by atoms with Gasteiger partial charge in [-0.15, -0.1) is 0 Å². The van der Waals surface area contributed by atoms with Crippen molar-refractivity contribution >= 4 is 0 Å². The van der Waals surface area contributed by atoms with E-state index in [0.717, 1.165) is 0 Å². The van der Waals surface area contributed by atoms with Crippen molar-refractivity contribution in [1.82, 2.24) is 0 Å².